The van der Waals surface area contributed by atoms with E-state index >= 15 is 0 Å². The first-order valence-electron chi connectivity index (χ1n) is 5.66. The highest BCUT2D eigenvalue weighted by molar-refractivity contribution is 7.84. The van der Waals surface area contributed by atoms with Crippen LogP contribution in [0.5, 0.6) is 5.75 Å². The molecule has 0 saturated heterocycles. The number of methoxy groups -OCH3 is 1. The van der Waals surface area contributed by atoms with E-state index in [4.69, 9.17) is 10.5 Å². The molecule has 2 rings (SSSR count). The lowest BCUT2D eigenvalue weighted by Crippen LogP contribution is -1.98. The molecule has 100 valence electrons. The molecule has 19 heavy (non-hydrogen) atoms. The SMILES string of the molecule is COc1ccc(S(=O)Cc2ccc(N)c(F)c2)cc1. The third kappa shape index (κ3) is 3.32. The Hall–Kier alpha value is -1.88. The van der Waals surface area contributed by atoms with Gasteiger partial charge in [-0.1, -0.05) is 6.07 Å². The van der Waals surface area contributed by atoms with Gasteiger partial charge in [-0.2, -0.15) is 0 Å². The number of anilines is 1. The van der Waals surface area contributed by atoms with Crippen LogP contribution in [-0.4, -0.2) is 11.3 Å². The number of hydrogen-bond donors (Lipinski definition) is 1. The molecule has 2 aromatic carbocycles. The zero-order valence-electron chi connectivity index (χ0n) is 10.4. The molecular formula is C14H14FNO2S. The Morgan fingerprint density at radius 3 is 2.47 bits per heavy atom. The van der Waals surface area contributed by atoms with Crippen molar-refractivity contribution in [1.29, 1.82) is 0 Å². The largest absolute Gasteiger partial charge is 0.497 e. The monoisotopic (exact) mass is 279 g/mol. The van der Waals surface area contributed by atoms with E-state index < -0.39 is 16.6 Å². The molecule has 0 fully saturated rings. The minimum Gasteiger partial charge on any atom is -0.497 e. The van der Waals surface area contributed by atoms with Crippen molar-refractivity contribution < 1.29 is 13.3 Å². The molecule has 0 spiro atoms. The van der Waals surface area contributed by atoms with Gasteiger partial charge in [-0.05, 0) is 42.0 Å². The van der Waals surface area contributed by atoms with Crippen molar-refractivity contribution in [2.45, 2.75) is 10.6 Å². The van der Waals surface area contributed by atoms with Crippen LogP contribution in [0.4, 0.5) is 10.1 Å². The quantitative estimate of drug-likeness (QED) is 0.875. The third-order valence-electron chi connectivity index (χ3n) is 2.68. The van der Waals surface area contributed by atoms with Crippen LogP contribution in [0.15, 0.2) is 47.4 Å². The van der Waals surface area contributed by atoms with Gasteiger partial charge < -0.3 is 10.5 Å². The van der Waals surface area contributed by atoms with Gasteiger partial charge in [0.15, 0.2) is 0 Å². The van der Waals surface area contributed by atoms with E-state index in [2.05, 4.69) is 0 Å². The second kappa shape index (κ2) is 5.84. The summed E-state index contributed by atoms with van der Waals surface area (Å²) in [6.07, 6.45) is 0. The second-order valence-corrected chi connectivity index (χ2v) is 5.47. The first-order chi connectivity index (χ1) is 9.10. The van der Waals surface area contributed by atoms with E-state index in [9.17, 15) is 8.60 Å². The predicted octanol–water partition coefficient (Wildman–Crippen LogP) is 2.72. The summed E-state index contributed by atoms with van der Waals surface area (Å²) in [6.45, 7) is 0. The summed E-state index contributed by atoms with van der Waals surface area (Å²) in [6, 6.07) is 11.4. The standard InChI is InChI=1S/C14H14FNO2S/c1-18-11-3-5-12(6-4-11)19(17)9-10-2-7-14(16)13(15)8-10/h2-8H,9,16H2,1H3. The van der Waals surface area contributed by atoms with Crippen molar-refractivity contribution >= 4 is 16.5 Å². The van der Waals surface area contributed by atoms with Crippen molar-refractivity contribution in [3.05, 3.63) is 53.8 Å². The van der Waals surface area contributed by atoms with Gasteiger partial charge in [-0.15, -0.1) is 0 Å². The lowest BCUT2D eigenvalue weighted by Gasteiger charge is -2.05. The van der Waals surface area contributed by atoms with Crippen LogP contribution in [0.2, 0.25) is 0 Å². The summed E-state index contributed by atoms with van der Waals surface area (Å²) in [5.41, 5.74) is 6.15. The summed E-state index contributed by atoms with van der Waals surface area (Å²) in [5.74, 6) is 0.479. The van der Waals surface area contributed by atoms with Gasteiger partial charge in [0.2, 0.25) is 0 Å². The first-order valence-corrected chi connectivity index (χ1v) is 6.98. The fourth-order valence-corrected chi connectivity index (χ4v) is 2.71. The van der Waals surface area contributed by atoms with Gasteiger partial charge in [0.05, 0.1) is 29.3 Å². The molecular weight excluding hydrogens is 265 g/mol. The molecule has 0 aliphatic rings. The van der Waals surface area contributed by atoms with E-state index in [-0.39, 0.29) is 11.4 Å². The number of nitrogens with two attached hydrogens (primary N) is 1. The van der Waals surface area contributed by atoms with Crippen LogP contribution in [0, 0.1) is 5.82 Å². The molecule has 5 heteroatoms. The number of hydrogen-bond acceptors (Lipinski definition) is 3. The highest BCUT2D eigenvalue weighted by Gasteiger charge is 2.07. The lowest BCUT2D eigenvalue weighted by atomic mass is 10.2. The number of halogens is 1. The molecule has 2 aromatic rings. The number of rotatable bonds is 4. The Labute approximate surface area is 113 Å². The van der Waals surface area contributed by atoms with Crippen molar-refractivity contribution in [1.82, 2.24) is 0 Å². The maximum Gasteiger partial charge on any atom is 0.146 e. The Balaban J connectivity index is 2.13. The average Bonchev–Trinajstić information content (AvgIpc) is 2.43. The van der Waals surface area contributed by atoms with Crippen molar-refractivity contribution in [2.75, 3.05) is 12.8 Å². The Morgan fingerprint density at radius 1 is 1.21 bits per heavy atom. The Bertz CT molecular complexity index is 599. The summed E-state index contributed by atoms with van der Waals surface area (Å²) in [4.78, 5) is 0.679. The van der Waals surface area contributed by atoms with Gasteiger partial charge in [0, 0.05) is 4.90 Å². The Kier molecular flexibility index (Phi) is 4.16. The molecule has 2 N–H and O–H groups in total. The van der Waals surface area contributed by atoms with E-state index in [1.807, 2.05) is 0 Å². The molecule has 0 aliphatic carbocycles. The van der Waals surface area contributed by atoms with Crippen molar-refractivity contribution in [3.8, 4) is 5.75 Å². The van der Waals surface area contributed by atoms with Crippen LogP contribution in [0.25, 0.3) is 0 Å². The number of benzene rings is 2. The molecule has 0 aliphatic heterocycles. The summed E-state index contributed by atoms with van der Waals surface area (Å²) in [7, 11) is 0.350. The van der Waals surface area contributed by atoms with Gasteiger partial charge in [-0.25, -0.2) is 4.39 Å². The third-order valence-corrected chi connectivity index (χ3v) is 4.08. The van der Waals surface area contributed by atoms with Crippen molar-refractivity contribution in [3.63, 3.8) is 0 Å². The molecule has 0 aromatic heterocycles. The highest BCUT2D eigenvalue weighted by Crippen LogP contribution is 2.18. The molecule has 0 heterocycles. The van der Waals surface area contributed by atoms with Gasteiger partial charge in [0.25, 0.3) is 0 Å². The van der Waals surface area contributed by atoms with E-state index in [0.717, 1.165) is 0 Å². The van der Waals surface area contributed by atoms with Crippen LogP contribution >= 0.6 is 0 Å². The summed E-state index contributed by atoms with van der Waals surface area (Å²) >= 11 is 0. The maximum absolute atomic E-state index is 13.3. The van der Waals surface area contributed by atoms with E-state index in [1.165, 1.54) is 12.1 Å². The summed E-state index contributed by atoms with van der Waals surface area (Å²) in [5, 5.41) is 0. The first kappa shape index (κ1) is 13.5. The molecule has 0 bridgehead atoms. The normalized spacial score (nSPS) is 12.1. The molecule has 1 unspecified atom stereocenters. The predicted molar refractivity (Wildman–Crippen MR) is 73.9 cm³/mol. The van der Waals surface area contributed by atoms with Gasteiger partial charge in [0.1, 0.15) is 11.6 Å². The number of nitrogen functional groups attached to an aromatic ring is 1. The molecule has 0 saturated carbocycles. The maximum atomic E-state index is 13.3. The topological polar surface area (TPSA) is 52.3 Å². The molecule has 3 nitrogen and oxygen atoms in total. The fraction of sp³-hybridized carbons (Fsp3) is 0.143. The van der Waals surface area contributed by atoms with Crippen LogP contribution in [-0.2, 0) is 16.6 Å². The zero-order valence-corrected chi connectivity index (χ0v) is 11.2. The minimum absolute atomic E-state index is 0.0963. The molecule has 1 atom stereocenters. The highest BCUT2D eigenvalue weighted by atomic mass is 32.2. The molecule has 0 amide bonds. The van der Waals surface area contributed by atoms with Crippen molar-refractivity contribution in [2.24, 2.45) is 0 Å². The second-order valence-electron chi connectivity index (χ2n) is 4.02. The van der Waals surface area contributed by atoms with Crippen LogP contribution in [0.3, 0.4) is 0 Å². The molecule has 0 radical (unpaired) electrons. The van der Waals surface area contributed by atoms with Crippen LogP contribution < -0.4 is 10.5 Å². The average molecular weight is 279 g/mol. The van der Waals surface area contributed by atoms with E-state index in [1.54, 1.807) is 37.4 Å². The van der Waals surface area contributed by atoms with E-state index in [0.29, 0.717) is 16.2 Å². The smallest absolute Gasteiger partial charge is 0.146 e. The van der Waals surface area contributed by atoms with Crippen LogP contribution in [0.1, 0.15) is 5.56 Å². The Morgan fingerprint density at radius 2 is 1.89 bits per heavy atom. The van der Waals surface area contributed by atoms with Gasteiger partial charge in [-0.3, -0.25) is 4.21 Å². The zero-order chi connectivity index (χ0) is 13.8. The lowest BCUT2D eigenvalue weighted by molar-refractivity contribution is 0.414. The number of ether oxygens (including phenoxy) is 1. The van der Waals surface area contributed by atoms with Gasteiger partial charge >= 0.3 is 0 Å². The minimum atomic E-state index is -1.22. The summed E-state index contributed by atoms with van der Waals surface area (Å²) < 4.78 is 30.5. The fourth-order valence-electron chi connectivity index (χ4n) is 1.62.